The number of hydrogen-bond acceptors (Lipinski definition) is 5. The third kappa shape index (κ3) is 4.67. The molecule has 1 aromatic carbocycles. The second kappa shape index (κ2) is 8.84. The summed E-state index contributed by atoms with van der Waals surface area (Å²) in [6, 6.07) is 7.83. The van der Waals surface area contributed by atoms with Crippen molar-refractivity contribution in [2.75, 3.05) is 30.3 Å². The van der Waals surface area contributed by atoms with Crippen molar-refractivity contribution >= 4 is 22.9 Å². The first kappa shape index (κ1) is 18.4. The second-order valence-electron chi connectivity index (χ2n) is 7.23. The van der Waals surface area contributed by atoms with Gasteiger partial charge in [0.15, 0.2) is 5.65 Å². The van der Waals surface area contributed by atoms with E-state index in [0.717, 1.165) is 35.8 Å². The van der Waals surface area contributed by atoms with Crippen molar-refractivity contribution in [2.45, 2.75) is 32.2 Å². The molecule has 146 valence electrons. The van der Waals surface area contributed by atoms with E-state index in [2.05, 4.69) is 25.5 Å². The molecule has 0 bridgehead atoms. The van der Waals surface area contributed by atoms with Gasteiger partial charge in [0, 0.05) is 23.8 Å². The van der Waals surface area contributed by atoms with Crippen LogP contribution in [-0.4, -0.2) is 44.8 Å². The lowest BCUT2D eigenvalue weighted by atomic mass is 10.2. The predicted octanol–water partition coefficient (Wildman–Crippen LogP) is 3.16. The molecule has 1 fully saturated rings. The van der Waals surface area contributed by atoms with E-state index in [1.165, 1.54) is 25.7 Å². The summed E-state index contributed by atoms with van der Waals surface area (Å²) in [5, 5.41) is 6.43. The predicted molar refractivity (Wildman–Crippen MR) is 110 cm³/mol. The number of nitrogens with zero attached hydrogens (tertiary/aromatic N) is 4. The number of benzene rings is 1. The minimum absolute atomic E-state index is 0.0494. The molecule has 0 aliphatic carbocycles. The second-order valence-corrected chi connectivity index (χ2v) is 7.23. The van der Waals surface area contributed by atoms with Crippen LogP contribution in [0.4, 0.5) is 11.4 Å². The number of rotatable bonds is 6. The number of carbonyl (C=O) groups excluding carboxylic acids is 1. The molecule has 2 N–H and O–H groups in total. The maximum absolute atomic E-state index is 12.4. The Morgan fingerprint density at radius 1 is 1.07 bits per heavy atom. The van der Waals surface area contributed by atoms with E-state index in [-0.39, 0.29) is 5.91 Å². The monoisotopic (exact) mass is 378 g/mol. The minimum atomic E-state index is 0.0494. The highest BCUT2D eigenvalue weighted by Gasteiger charge is 2.13. The molecule has 0 unspecified atom stereocenters. The molecule has 0 atom stereocenters. The largest absolute Gasteiger partial charge is 0.379 e. The first-order chi connectivity index (χ1) is 13.8. The fourth-order valence-electron chi connectivity index (χ4n) is 3.62. The summed E-state index contributed by atoms with van der Waals surface area (Å²) in [7, 11) is 0. The maximum atomic E-state index is 12.4. The summed E-state index contributed by atoms with van der Waals surface area (Å²) < 4.78 is 2.01. The number of amides is 1. The lowest BCUT2D eigenvalue weighted by Gasteiger charge is -2.19. The zero-order chi connectivity index (χ0) is 19.2. The fourth-order valence-corrected chi connectivity index (χ4v) is 3.62. The van der Waals surface area contributed by atoms with Crippen molar-refractivity contribution < 1.29 is 4.79 Å². The van der Waals surface area contributed by atoms with Gasteiger partial charge in [-0.2, -0.15) is 0 Å². The van der Waals surface area contributed by atoms with Crippen LogP contribution in [0.1, 0.15) is 31.4 Å². The molecule has 2 aromatic heterocycles. The lowest BCUT2D eigenvalue weighted by molar-refractivity contribution is -0.117. The van der Waals surface area contributed by atoms with E-state index in [9.17, 15) is 4.79 Å². The Labute approximate surface area is 164 Å². The number of imidazole rings is 1. The normalized spacial score (nSPS) is 15.3. The van der Waals surface area contributed by atoms with Gasteiger partial charge in [-0.15, -0.1) is 0 Å². The van der Waals surface area contributed by atoms with Crippen LogP contribution in [0.15, 0.2) is 49.1 Å². The smallest absolute Gasteiger partial charge is 0.238 e. The van der Waals surface area contributed by atoms with Crippen LogP contribution in [-0.2, 0) is 11.3 Å². The van der Waals surface area contributed by atoms with Gasteiger partial charge in [-0.1, -0.05) is 18.9 Å². The molecular weight excluding hydrogens is 352 g/mol. The van der Waals surface area contributed by atoms with E-state index < -0.39 is 0 Å². The van der Waals surface area contributed by atoms with Crippen LogP contribution in [0.5, 0.6) is 0 Å². The molecule has 4 rings (SSSR count). The number of carbonyl (C=O) groups is 1. The van der Waals surface area contributed by atoms with Gasteiger partial charge in [0.2, 0.25) is 5.91 Å². The fraction of sp³-hybridized carbons (Fsp3) is 0.381. The van der Waals surface area contributed by atoms with Gasteiger partial charge in [-0.3, -0.25) is 19.1 Å². The minimum Gasteiger partial charge on any atom is -0.379 e. The lowest BCUT2D eigenvalue weighted by Crippen LogP contribution is -2.33. The SMILES string of the molecule is O=C(CN1CCCCCC1)Nc1cccc(NCc2cnc3cnccn23)c1. The number of hydrogen-bond donors (Lipinski definition) is 2. The Morgan fingerprint density at radius 2 is 1.89 bits per heavy atom. The van der Waals surface area contributed by atoms with Crippen LogP contribution < -0.4 is 10.6 Å². The highest BCUT2D eigenvalue weighted by molar-refractivity contribution is 5.92. The molecule has 0 saturated carbocycles. The Morgan fingerprint density at radius 3 is 2.75 bits per heavy atom. The molecule has 3 aromatic rings. The highest BCUT2D eigenvalue weighted by atomic mass is 16.2. The van der Waals surface area contributed by atoms with Crippen LogP contribution >= 0.6 is 0 Å². The average Bonchev–Trinajstić information content (AvgIpc) is 2.94. The van der Waals surface area contributed by atoms with Crippen LogP contribution in [0.25, 0.3) is 5.65 Å². The van der Waals surface area contributed by atoms with E-state index in [1.54, 1.807) is 12.4 Å². The molecular formula is C21H26N6O. The Hall–Kier alpha value is -2.93. The zero-order valence-electron chi connectivity index (χ0n) is 16.0. The van der Waals surface area contributed by atoms with Crippen molar-refractivity contribution in [1.29, 1.82) is 0 Å². The van der Waals surface area contributed by atoms with Crippen molar-refractivity contribution in [3.8, 4) is 0 Å². The highest BCUT2D eigenvalue weighted by Crippen LogP contribution is 2.17. The molecule has 1 saturated heterocycles. The van der Waals surface area contributed by atoms with Crippen molar-refractivity contribution in [3.05, 3.63) is 54.7 Å². The van der Waals surface area contributed by atoms with E-state index >= 15 is 0 Å². The molecule has 1 amide bonds. The summed E-state index contributed by atoms with van der Waals surface area (Å²) in [5.41, 5.74) is 3.64. The number of aromatic nitrogens is 3. The zero-order valence-corrected chi connectivity index (χ0v) is 16.0. The van der Waals surface area contributed by atoms with Gasteiger partial charge in [0.1, 0.15) is 0 Å². The molecule has 3 heterocycles. The molecule has 28 heavy (non-hydrogen) atoms. The van der Waals surface area contributed by atoms with E-state index in [4.69, 9.17) is 0 Å². The number of anilines is 2. The van der Waals surface area contributed by atoms with Gasteiger partial charge in [0.05, 0.1) is 31.2 Å². The van der Waals surface area contributed by atoms with Gasteiger partial charge in [-0.05, 0) is 44.1 Å². The van der Waals surface area contributed by atoms with Crippen molar-refractivity contribution in [3.63, 3.8) is 0 Å². The standard InChI is InChI=1S/C21H26N6O/c28-21(16-26-9-3-1-2-4-10-26)25-18-7-5-6-17(12-18)23-13-19-14-24-20-15-22-8-11-27(19)20/h5-8,11-12,14-15,23H,1-4,9-10,13,16H2,(H,25,28). The average molecular weight is 378 g/mol. The molecule has 1 aliphatic heterocycles. The Bertz CT molecular complexity index is 929. The van der Waals surface area contributed by atoms with Gasteiger partial charge in [-0.25, -0.2) is 4.98 Å². The summed E-state index contributed by atoms with van der Waals surface area (Å²) in [6.07, 6.45) is 12.2. The third-order valence-corrected chi connectivity index (χ3v) is 5.08. The van der Waals surface area contributed by atoms with Gasteiger partial charge >= 0.3 is 0 Å². The number of nitrogens with one attached hydrogen (secondary N) is 2. The molecule has 7 heteroatoms. The number of fused-ring (bicyclic) bond motifs is 1. The molecule has 7 nitrogen and oxygen atoms in total. The quantitative estimate of drug-likeness (QED) is 0.689. The van der Waals surface area contributed by atoms with E-state index in [0.29, 0.717) is 13.1 Å². The van der Waals surface area contributed by atoms with Gasteiger partial charge in [0.25, 0.3) is 0 Å². The first-order valence-corrected chi connectivity index (χ1v) is 9.90. The van der Waals surface area contributed by atoms with Crippen molar-refractivity contribution in [2.24, 2.45) is 0 Å². The van der Waals surface area contributed by atoms with Crippen LogP contribution in [0.3, 0.4) is 0 Å². The summed E-state index contributed by atoms with van der Waals surface area (Å²) >= 11 is 0. The number of likely N-dealkylation sites (tertiary alicyclic amines) is 1. The summed E-state index contributed by atoms with van der Waals surface area (Å²) in [6.45, 7) is 3.14. The Balaban J connectivity index is 1.34. The summed E-state index contributed by atoms with van der Waals surface area (Å²) in [4.78, 5) is 23.1. The first-order valence-electron chi connectivity index (χ1n) is 9.90. The van der Waals surface area contributed by atoms with Crippen LogP contribution in [0, 0.1) is 0 Å². The third-order valence-electron chi connectivity index (χ3n) is 5.08. The Kier molecular flexibility index (Phi) is 5.82. The maximum Gasteiger partial charge on any atom is 0.238 e. The molecule has 0 spiro atoms. The van der Waals surface area contributed by atoms with Crippen LogP contribution in [0.2, 0.25) is 0 Å². The van der Waals surface area contributed by atoms with Crippen molar-refractivity contribution in [1.82, 2.24) is 19.3 Å². The summed E-state index contributed by atoms with van der Waals surface area (Å²) in [5.74, 6) is 0.0494. The van der Waals surface area contributed by atoms with Gasteiger partial charge < -0.3 is 10.6 Å². The molecule has 1 aliphatic rings. The molecule has 0 radical (unpaired) electrons. The van der Waals surface area contributed by atoms with E-state index in [1.807, 2.05) is 41.1 Å². The topological polar surface area (TPSA) is 74.6 Å².